The normalized spacial score (nSPS) is 19.1. The zero-order valence-corrected chi connectivity index (χ0v) is 41.2. The first-order valence-corrected chi connectivity index (χ1v) is 27.6. The summed E-state index contributed by atoms with van der Waals surface area (Å²) in [5.74, 6) is -3.74. The second-order valence-corrected chi connectivity index (χ2v) is 23.1. The largest absolute Gasteiger partial charge is 0.744 e. The molecule has 5 rings (SSSR count). The molecule has 22 nitrogen and oxygen atoms in total. The molecule has 1 saturated heterocycles. The molecule has 0 radical (unpaired) electrons. The molecule has 4 N–H and O–H groups in total. The lowest BCUT2D eigenvalue weighted by atomic mass is 9.77. The molecule has 0 saturated carbocycles. The molecular formula is C43H54N4O18S4. The van der Waals surface area contributed by atoms with E-state index in [-0.39, 0.29) is 69.1 Å². The number of imide groups is 1. The van der Waals surface area contributed by atoms with Gasteiger partial charge in [0, 0.05) is 73.3 Å². The SMILES string of the molecule is CC1(C)C(/C=C/C=C/C=C2/N(CCCS(=O)(=O)O)c3ccc(S(=O)(=O)[O-])cc3C2(C)CCCCC(=O)NCCOCC(=O)ON2C(=O)CCC2=O)=[N+](CCCS(=O)(=O)O)c2ccc(S(=O)(=O)O)cc21. The second kappa shape index (κ2) is 21.8. The Morgan fingerprint density at radius 1 is 0.826 bits per heavy atom. The molecule has 0 aromatic heterocycles. The molecule has 2 aromatic rings. The van der Waals surface area contributed by atoms with E-state index in [9.17, 15) is 71.1 Å². The summed E-state index contributed by atoms with van der Waals surface area (Å²) in [6, 6.07) is 7.90. The number of hydroxylamine groups is 2. The van der Waals surface area contributed by atoms with Crippen molar-refractivity contribution in [1.82, 2.24) is 10.4 Å². The Hall–Kier alpha value is -5.19. The Morgan fingerprint density at radius 2 is 1.46 bits per heavy atom. The van der Waals surface area contributed by atoms with Gasteiger partial charge >= 0.3 is 5.97 Å². The van der Waals surface area contributed by atoms with Crippen molar-refractivity contribution in [1.29, 1.82) is 0 Å². The predicted octanol–water partition coefficient (Wildman–Crippen LogP) is 2.84. The molecule has 1 unspecified atom stereocenters. The minimum absolute atomic E-state index is 0.00474. The Kier molecular flexibility index (Phi) is 17.3. The van der Waals surface area contributed by atoms with Gasteiger partial charge in [0.25, 0.3) is 42.2 Å². The molecule has 26 heteroatoms. The predicted molar refractivity (Wildman–Crippen MR) is 246 cm³/mol. The molecule has 3 heterocycles. The van der Waals surface area contributed by atoms with Crippen molar-refractivity contribution < 1.29 is 85.2 Å². The van der Waals surface area contributed by atoms with Crippen LogP contribution in [-0.2, 0) is 80.1 Å². The Balaban J connectivity index is 1.37. The average Bonchev–Trinajstić information content (AvgIpc) is 3.76. The fraction of sp³-hybridized carbons (Fsp3) is 0.465. The molecule has 3 amide bonds. The van der Waals surface area contributed by atoms with Crippen molar-refractivity contribution in [3.63, 3.8) is 0 Å². The molecule has 3 aliphatic heterocycles. The molecule has 69 heavy (non-hydrogen) atoms. The number of anilines is 1. The van der Waals surface area contributed by atoms with Gasteiger partial charge in [-0.2, -0.15) is 29.8 Å². The number of carbonyl (C=O) groups is 4. The fourth-order valence-electron chi connectivity index (χ4n) is 8.47. The van der Waals surface area contributed by atoms with Crippen LogP contribution < -0.4 is 10.2 Å². The zero-order chi connectivity index (χ0) is 51.2. The Morgan fingerprint density at radius 3 is 2.10 bits per heavy atom. The van der Waals surface area contributed by atoms with Crippen molar-refractivity contribution in [2.45, 2.75) is 92.8 Å². The van der Waals surface area contributed by atoms with Gasteiger partial charge in [0.05, 0.1) is 33.3 Å². The number of ether oxygens (including phenoxy) is 1. The lowest BCUT2D eigenvalue weighted by molar-refractivity contribution is -0.437. The number of benzene rings is 2. The third kappa shape index (κ3) is 14.2. The minimum atomic E-state index is -4.93. The van der Waals surface area contributed by atoms with E-state index in [4.69, 9.17) is 9.57 Å². The average molecular weight is 1040 g/mol. The number of fused-ring (bicyclic) bond motifs is 2. The molecule has 0 spiro atoms. The van der Waals surface area contributed by atoms with Crippen molar-refractivity contribution in [2.75, 3.05) is 49.3 Å². The molecule has 0 bridgehead atoms. The standard InChI is InChI=1S/C43H54N4O18S4/c1-42(2)32-27-30(68(58,59)60)14-16-34(32)45(22-9-25-66(52,53)54)36(42)11-5-4-6-12-37-43(3,33-28-31(69(61,62)63)15-17-35(33)46(37)23-10-26-67(55,56)57)20-8-7-13-38(48)44-21-24-64-29-41(51)65-47-39(49)18-19-40(47)50/h4-6,11-12,14-17,27-28H,7-10,13,18-26,29H2,1-3H3,(H4-,44,48,52,53,54,55,56,57,58,59,60,61,62,63). The van der Waals surface area contributed by atoms with Crippen LogP contribution in [0, 0.1) is 0 Å². The molecule has 3 aliphatic rings. The summed E-state index contributed by atoms with van der Waals surface area (Å²) in [6.07, 6.45) is 9.29. The molecule has 1 fully saturated rings. The van der Waals surface area contributed by atoms with Crippen molar-refractivity contribution in [2.24, 2.45) is 0 Å². The van der Waals surface area contributed by atoms with Gasteiger partial charge in [-0.1, -0.05) is 24.6 Å². The third-order valence-corrected chi connectivity index (χ3v) is 15.1. The van der Waals surface area contributed by atoms with Crippen LogP contribution in [0.1, 0.15) is 83.3 Å². The monoisotopic (exact) mass is 1040 g/mol. The highest BCUT2D eigenvalue weighted by Gasteiger charge is 2.46. The number of unbranched alkanes of at least 4 members (excludes halogenated alkanes) is 1. The van der Waals surface area contributed by atoms with E-state index < -0.39 is 92.1 Å². The third-order valence-electron chi connectivity index (χ3n) is 11.8. The lowest BCUT2D eigenvalue weighted by Crippen LogP contribution is -2.34. The van der Waals surface area contributed by atoms with E-state index in [1.54, 1.807) is 39.9 Å². The van der Waals surface area contributed by atoms with Gasteiger partial charge in [-0.05, 0) is 82.0 Å². The summed E-state index contributed by atoms with van der Waals surface area (Å²) in [5.41, 5.74) is 1.23. The number of nitrogens with one attached hydrogen (secondary N) is 1. The van der Waals surface area contributed by atoms with Gasteiger partial charge in [-0.25, -0.2) is 13.2 Å². The highest BCUT2D eigenvalue weighted by molar-refractivity contribution is 7.86. The van der Waals surface area contributed by atoms with E-state index in [0.29, 0.717) is 58.2 Å². The van der Waals surface area contributed by atoms with Crippen LogP contribution >= 0.6 is 0 Å². The first-order chi connectivity index (χ1) is 32.0. The summed E-state index contributed by atoms with van der Waals surface area (Å²) in [5, 5.41) is 3.05. The van der Waals surface area contributed by atoms with Gasteiger partial charge in [0.15, 0.2) is 5.71 Å². The summed E-state index contributed by atoms with van der Waals surface area (Å²) in [7, 11) is -18.2. The van der Waals surface area contributed by atoms with E-state index in [0.717, 1.165) is 6.07 Å². The Labute approximate surface area is 400 Å². The highest BCUT2D eigenvalue weighted by atomic mass is 32.2. The maximum absolute atomic E-state index is 12.7. The van der Waals surface area contributed by atoms with Crippen LogP contribution in [-0.4, -0.2) is 135 Å². The van der Waals surface area contributed by atoms with Gasteiger partial charge < -0.3 is 24.3 Å². The van der Waals surface area contributed by atoms with Crippen molar-refractivity contribution in [3.8, 4) is 0 Å². The zero-order valence-electron chi connectivity index (χ0n) is 37.9. The second-order valence-electron chi connectivity index (χ2n) is 17.2. The number of nitrogens with zero attached hydrogens (tertiary/aromatic N) is 3. The van der Waals surface area contributed by atoms with E-state index in [2.05, 4.69) is 5.32 Å². The number of carbonyl (C=O) groups excluding carboxylic acids is 4. The molecular weight excluding hydrogens is 989 g/mol. The lowest BCUT2D eigenvalue weighted by Gasteiger charge is -2.30. The maximum atomic E-state index is 12.7. The number of rotatable bonds is 24. The van der Waals surface area contributed by atoms with Crippen LogP contribution in [0.4, 0.5) is 11.4 Å². The topological polar surface area (TPSA) is 329 Å². The van der Waals surface area contributed by atoms with Crippen LogP contribution in [0.2, 0.25) is 0 Å². The minimum Gasteiger partial charge on any atom is -0.744 e. The van der Waals surface area contributed by atoms with Gasteiger partial charge in [-0.3, -0.25) is 28.0 Å². The van der Waals surface area contributed by atoms with E-state index >= 15 is 0 Å². The van der Waals surface area contributed by atoms with Crippen molar-refractivity contribution >= 4 is 81.2 Å². The highest BCUT2D eigenvalue weighted by Crippen LogP contribution is 2.51. The van der Waals surface area contributed by atoms with Crippen LogP contribution in [0.15, 0.2) is 82.3 Å². The van der Waals surface area contributed by atoms with Gasteiger partial charge in [-0.15, -0.1) is 5.06 Å². The summed E-state index contributed by atoms with van der Waals surface area (Å²) < 4.78 is 143. The number of hydrogen-bond acceptors (Lipinski definition) is 16. The number of amides is 3. The fourth-order valence-corrected chi connectivity index (χ4v) is 10.5. The number of allylic oxidation sites excluding steroid dienone is 6. The molecule has 1 atom stereocenters. The summed E-state index contributed by atoms with van der Waals surface area (Å²) in [4.78, 5) is 53.6. The van der Waals surface area contributed by atoms with E-state index in [1.165, 1.54) is 30.3 Å². The van der Waals surface area contributed by atoms with Gasteiger partial charge in [0.1, 0.15) is 23.3 Å². The molecule has 378 valence electrons. The van der Waals surface area contributed by atoms with Gasteiger partial charge in [0.2, 0.25) is 11.6 Å². The first-order valence-electron chi connectivity index (χ1n) is 21.5. The smallest absolute Gasteiger partial charge is 0.358 e. The van der Waals surface area contributed by atoms with E-state index in [1.807, 2.05) is 20.8 Å². The van der Waals surface area contributed by atoms with Crippen LogP contribution in [0.3, 0.4) is 0 Å². The Bertz CT molecular complexity index is 2930. The van der Waals surface area contributed by atoms with Crippen LogP contribution in [0.5, 0.6) is 0 Å². The molecule has 0 aliphatic carbocycles. The van der Waals surface area contributed by atoms with Crippen molar-refractivity contribution in [3.05, 3.63) is 83.6 Å². The quantitative estimate of drug-likeness (QED) is 0.0386. The summed E-state index contributed by atoms with van der Waals surface area (Å²) in [6.45, 7) is 4.91. The maximum Gasteiger partial charge on any atom is 0.358 e. The number of hydrogen-bond donors (Lipinski definition) is 4. The summed E-state index contributed by atoms with van der Waals surface area (Å²) >= 11 is 0. The molecule has 2 aromatic carbocycles. The first kappa shape index (κ1) is 54.7. The van der Waals surface area contributed by atoms with Crippen LogP contribution in [0.25, 0.3) is 0 Å².